The van der Waals surface area contributed by atoms with Crippen molar-refractivity contribution in [2.75, 3.05) is 13.1 Å². The van der Waals surface area contributed by atoms with Crippen molar-refractivity contribution in [2.24, 2.45) is 23.6 Å². The van der Waals surface area contributed by atoms with Crippen LogP contribution < -0.4 is 5.32 Å². The number of nitrogens with one attached hydrogen (secondary N) is 1. The third kappa shape index (κ3) is 16.6. The first-order valence-corrected chi connectivity index (χ1v) is 5.93. The van der Waals surface area contributed by atoms with E-state index in [1.165, 1.54) is 0 Å². The summed E-state index contributed by atoms with van der Waals surface area (Å²) in [4.78, 5) is 13.1. The molecule has 150 valence electrons. The van der Waals surface area contributed by atoms with E-state index in [1.807, 2.05) is 0 Å². The lowest BCUT2D eigenvalue weighted by atomic mass is 9.90. The Morgan fingerprint density at radius 2 is 1.44 bits per heavy atom. The molecule has 3 unspecified atom stereocenters. The molecule has 0 aromatic rings. The van der Waals surface area contributed by atoms with Crippen LogP contribution in [0.3, 0.4) is 0 Å². The van der Waals surface area contributed by atoms with Gasteiger partial charge in [0, 0.05) is 66.3 Å². The summed E-state index contributed by atoms with van der Waals surface area (Å²) in [6.45, 7) is -33.1. The molecule has 0 saturated heterocycles. The standard InChI is InChI=1S/C22H45NO2/c1-18(2)9-6-10-19(3)11-7-12-20(4)13-8-14-21(5)17-22(25)23-15-16-24/h18-21,24H,6-17H2,1-5H3,(H,23,25)/i1D3,2D3,3D3,4D3,5D3,6D2,7D2,8D2,9D2,10D2,11D2,12D2,13D2,14D2,15D2,16D2,17D2,18D,19D,20D,21D. The average Bonchev–Trinajstić information content (AvgIpc) is 3.05. The topological polar surface area (TPSA) is 49.3 Å². The van der Waals surface area contributed by atoms with Gasteiger partial charge in [0.1, 0.15) is 0 Å². The van der Waals surface area contributed by atoms with Crippen molar-refractivity contribution in [3.8, 4) is 0 Å². The van der Waals surface area contributed by atoms with Crippen LogP contribution in [-0.2, 0) is 4.79 Å². The SMILES string of the molecule is [2H]C([2H])([2H])C([2H])(C([2H])([2H])[2H])C([2H])([2H])C([2H])([2H])C([2H])([2H])C([2H])(C([2H])([2H])[2H])C([2H])([2H])C([2H])([2H])C([2H])([2H])C([2H])(C([2H])([2H])[2H])C([2H])([2H])C([2H])([2H])C([2H])([2H])C([2H])(C([2H])([2H])[2H])C([2H])([2H])C(=O)NC([2H])([2H])C([2H])([2H])O. The number of amides is 1. The number of carbonyl (C=O) groups excluding carboxylic acids is 1. The molecule has 25 heavy (non-hydrogen) atoms. The highest BCUT2D eigenvalue weighted by atomic mass is 16.3. The molecule has 3 nitrogen and oxygen atoms in total. The highest BCUT2D eigenvalue weighted by molar-refractivity contribution is 5.76. The van der Waals surface area contributed by atoms with Gasteiger partial charge in [0.05, 0.1) is 12.0 Å². The zero-order chi connectivity index (χ0) is 56.8. The molecule has 0 rings (SSSR count). The Balaban J connectivity index is 9.04. The summed E-state index contributed by atoms with van der Waals surface area (Å²) in [7, 11) is 0. The normalized spacial score (nSPS) is 54.2. The molecule has 1 amide bonds. The predicted octanol–water partition coefficient (Wildman–Crippen LogP) is 5.56. The summed E-state index contributed by atoms with van der Waals surface area (Å²) in [5, 5.41) is 10.2. The van der Waals surface area contributed by atoms with Gasteiger partial charge < -0.3 is 10.4 Å². The molecule has 3 heteroatoms. The fourth-order valence-electron chi connectivity index (χ4n) is 0.792. The molecule has 0 saturated carbocycles. The third-order valence-corrected chi connectivity index (χ3v) is 1.60. The molecule has 0 aliphatic rings. The fourth-order valence-corrected chi connectivity index (χ4v) is 0.792. The van der Waals surface area contributed by atoms with Gasteiger partial charge in [-0.1, -0.05) is 91.6 Å². The van der Waals surface area contributed by atoms with Crippen LogP contribution in [0.1, 0.15) is 157 Å². The highest BCUT2D eigenvalue weighted by Crippen LogP contribution is 2.22. The number of rotatable bonds is 16. The van der Waals surface area contributed by atoms with Gasteiger partial charge >= 0.3 is 0 Å². The van der Waals surface area contributed by atoms with Crippen LogP contribution in [0.25, 0.3) is 0 Å². The first-order chi connectivity index (χ1) is 28.4. The van der Waals surface area contributed by atoms with Crippen molar-refractivity contribution in [3.05, 3.63) is 0 Å². The first-order valence-electron chi connectivity index (χ1n) is 27.4. The summed E-state index contributed by atoms with van der Waals surface area (Å²) >= 11 is 0. The van der Waals surface area contributed by atoms with E-state index in [-0.39, 0.29) is 0 Å². The Hall–Kier alpha value is -0.570. The van der Waals surface area contributed by atoms with Gasteiger partial charge in [0.15, 0.2) is 0 Å². The lowest BCUT2D eigenvalue weighted by Gasteiger charge is -2.16. The van der Waals surface area contributed by atoms with E-state index in [4.69, 9.17) is 58.9 Å². The van der Waals surface area contributed by atoms with Crippen LogP contribution in [0.2, 0.25) is 0 Å². The smallest absolute Gasteiger partial charge is 0.220 e. The van der Waals surface area contributed by atoms with Crippen LogP contribution in [-0.4, -0.2) is 24.1 Å². The molecule has 0 bridgehead atoms. The zero-order valence-electron chi connectivity index (χ0n) is 55.4. The van der Waals surface area contributed by atoms with Crippen molar-refractivity contribution in [1.29, 1.82) is 0 Å². The molecule has 0 aromatic heterocycles. The van der Waals surface area contributed by atoms with Crippen molar-refractivity contribution >= 4 is 5.91 Å². The summed E-state index contributed by atoms with van der Waals surface area (Å²) in [5.74, 6) is -24.9. The van der Waals surface area contributed by atoms with Gasteiger partial charge in [0.25, 0.3) is 0 Å². The molecular weight excluding hydrogens is 310 g/mol. The van der Waals surface area contributed by atoms with Crippen LogP contribution in [0.5, 0.6) is 0 Å². The number of aliphatic hydroxyl groups is 1. The highest BCUT2D eigenvalue weighted by Gasteiger charge is 2.10. The molecule has 3 atom stereocenters. The van der Waals surface area contributed by atoms with E-state index in [2.05, 4.69) is 0 Å². The Kier molecular flexibility index (Phi) is 1.90. The summed E-state index contributed by atoms with van der Waals surface area (Å²) in [6, 6.07) is 0. The molecule has 0 fully saturated rings. The maximum atomic E-state index is 13.1. The largest absolute Gasteiger partial charge is 0.395 e. The van der Waals surface area contributed by atoms with Gasteiger partial charge in [0.2, 0.25) is 5.91 Å². The van der Waals surface area contributed by atoms with E-state index < -0.39 is 141 Å². The quantitative estimate of drug-likeness (QED) is 0.357. The van der Waals surface area contributed by atoms with Gasteiger partial charge in [-0.3, -0.25) is 4.79 Å². The minimum absolute atomic E-state index is 0.725. The second-order valence-corrected chi connectivity index (χ2v) is 3.44. The van der Waals surface area contributed by atoms with Gasteiger partial charge in [-0.25, -0.2) is 0 Å². The van der Waals surface area contributed by atoms with E-state index in [9.17, 15) is 9.90 Å². The Labute approximate surface area is 217 Å². The van der Waals surface area contributed by atoms with Crippen molar-refractivity contribution in [1.82, 2.24) is 5.32 Å². The zero-order valence-corrected chi connectivity index (χ0v) is 12.4. The van der Waals surface area contributed by atoms with Crippen LogP contribution in [0.15, 0.2) is 0 Å². The van der Waals surface area contributed by atoms with E-state index >= 15 is 0 Å². The average molecular weight is 399 g/mol. The second kappa shape index (κ2) is 15.7. The molecule has 0 spiro atoms. The van der Waals surface area contributed by atoms with Gasteiger partial charge in [-0.05, 0) is 23.6 Å². The second-order valence-electron chi connectivity index (χ2n) is 3.44. The Morgan fingerprint density at radius 3 is 1.92 bits per heavy atom. The molecule has 0 aliphatic carbocycles. The molecule has 0 aliphatic heterocycles. The lowest BCUT2D eigenvalue weighted by Crippen LogP contribution is -2.27. The van der Waals surface area contributed by atoms with Crippen molar-refractivity contribution in [3.63, 3.8) is 0 Å². The number of carbonyl (C=O) groups is 1. The Morgan fingerprint density at radius 1 is 0.920 bits per heavy atom. The molecule has 2 N–H and O–H groups in total. The first kappa shape index (κ1) is 3.04. The van der Waals surface area contributed by atoms with Gasteiger partial charge in [-0.15, -0.1) is 0 Å². The van der Waals surface area contributed by atoms with E-state index in [0.29, 0.717) is 0 Å². The Bertz CT molecular complexity index is 1840. The predicted molar refractivity (Wildman–Crippen MR) is 109 cm³/mol. The van der Waals surface area contributed by atoms with E-state index in [0.717, 1.165) is 5.32 Å². The van der Waals surface area contributed by atoms with Crippen LogP contribution in [0.4, 0.5) is 0 Å². The minimum atomic E-state index is -5.85. The van der Waals surface area contributed by atoms with Crippen molar-refractivity contribution in [2.45, 2.75) is 98.0 Å². The summed E-state index contributed by atoms with van der Waals surface area (Å²) in [5.41, 5.74) is 0. The molecule has 0 heterocycles. The summed E-state index contributed by atoms with van der Waals surface area (Å²) in [6.07, 6.45) is -56.0. The number of hydrogen-bond acceptors (Lipinski definition) is 2. The molecule has 0 aromatic carbocycles. The monoisotopic (exact) mass is 399 g/mol. The minimum Gasteiger partial charge on any atom is -0.395 e. The number of hydrogen-bond donors (Lipinski definition) is 2. The van der Waals surface area contributed by atoms with Gasteiger partial charge in [-0.2, -0.15) is 0 Å². The fraction of sp³-hybridized carbons (Fsp3) is 0.955. The van der Waals surface area contributed by atoms with E-state index in [1.54, 1.807) is 0 Å². The molecular formula is C22H45NO2. The third-order valence-electron chi connectivity index (χ3n) is 1.60. The summed E-state index contributed by atoms with van der Waals surface area (Å²) < 4.78 is 349. The van der Waals surface area contributed by atoms with Crippen LogP contribution >= 0.6 is 0 Å². The lowest BCUT2D eigenvalue weighted by molar-refractivity contribution is -0.122. The molecule has 0 radical (unpaired) electrons. The maximum absolute atomic E-state index is 13.1. The van der Waals surface area contributed by atoms with Crippen molar-refractivity contribution < 1.29 is 68.8 Å². The van der Waals surface area contributed by atoms with Crippen LogP contribution in [0, 0.1) is 23.6 Å². The maximum Gasteiger partial charge on any atom is 0.220 e.